The fraction of sp³-hybridized carbons (Fsp3) is 0.188. The van der Waals surface area contributed by atoms with E-state index in [9.17, 15) is 22.8 Å². The van der Waals surface area contributed by atoms with Crippen LogP contribution in [-0.4, -0.2) is 24.6 Å². The maximum atomic E-state index is 12.7. The van der Waals surface area contributed by atoms with Crippen LogP contribution < -0.4 is 10.7 Å². The molecule has 10 heteroatoms. The first-order chi connectivity index (χ1) is 12.1. The number of hydrazone groups is 1. The van der Waals surface area contributed by atoms with Gasteiger partial charge < -0.3 is 9.73 Å². The lowest BCUT2D eigenvalue weighted by Gasteiger charge is -2.10. The van der Waals surface area contributed by atoms with E-state index < -0.39 is 30.1 Å². The van der Waals surface area contributed by atoms with Crippen molar-refractivity contribution >= 4 is 29.6 Å². The van der Waals surface area contributed by atoms with Crippen LogP contribution in [0.4, 0.5) is 13.2 Å². The molecular formula is C16H13ClF3N3O3. The Bertz CT molecular complexity index is 847. The van der Waals surface area contributed by atoms with Gasteiger partial charge in [0.05, 0.1) is 18.3 Å². The van der Waals surface area contributed by atoms with Gasteiger partial charge in [0.25, 0.3) is 11.8 Å². The fourth-order valence-electron chi connectivity index (χ4n) is 1.88. The largest absolute Gasteiger partial charge is 0.460 e. The highest BCUT2D eigenvalue weighted by Gasteiger charge is 2.31. The molecule has 0 spiro atoms. The smallest absolute Gasteiger partial charge is 0.416 e. The van der Waals surface area contributed by atoms with E-state index in [0.29, 0.717) is 23.7 Å². The van der Waals surface area contributed by atoms with Gasteiger partial charge in [0.1, 0.15) is 11.5 Å². The maximum absolute atomic E-state index is 12.7. The van der Waals surface area contributed by atoms with Crippen LogP contribution in [0.1, 0.15) is 27.4 Å². The van der Waals surface area contributed by atoms with Crippen LogP contribution in [0.5, 0.6) is 0 Å². The number of amides is 2. The average molecular weight is 388 g/mol. The Hall–Kier alpha value is -2.81. The number of hydrogen-bond donors (Lipinski definition) is 2. The Morgan fingerprint density at radius 3 is 2.62 bits per heavy atom. The van der Waals surface area contributed by atoms with Crippen LogP contribution >= 0.6 is 11.6 Å². The monoisotopic (exact) mass is 387 g/mol. The molecule has 6 nitrogen and oxygen atoms in total. The second-order valence-corrected chi connectivity index (χ2v) is 5.59. The van der Waals surface area contributed by atoms with Crippen LogP contribution in [0.15, 0.2) is 39.9 Å². The first-order valence-electron chi connectivity index (χ1n) is 7.19. The molecule has 1 aromatic heterocycles. The molecule has 0 aliphatic carbocycles. The molecule has 2 rings (SSSR count). The van der Waals surface area contributed by atoms with Crippen molar-refractivity contribution in [1.29, 1.82) is 0 Å². The van der Waals surface area contributed by atoms with E-state index in [1.807, 2.05) is 0 Å². The number of carbonyl (C=O) groups is 2. The second-order valence-electron chi connectivity index (χ2n) is 5.15. The van der Waals surface area contributed by atoms with Crippen molar-refractivity contribution in [3.05, 3.63) is 58.0 Å². The molecule has 0 aliphatic rings. The molecule has 0 atom stereocenters. The summed E-state index contributed by atoms with van der Waals surface area (Å²) < 4.78 is 43.4. The molecule has 26 heavy (non-hydrogen) atoms. The molecule has 0 bridgehead atoms. The predicted octanol–water partition coefficient (Wildman–Crippen LogP) is 3.14. The summed E-state index contributed by atoms with van der Waals surface area (Å²) in [7, 11) is 0. The highest BCUT2D eigenvalue weighted by atomic mass is 35.5. The molecular weight excluding hydrogens is 375 g/mol. The van der Waals surface area contributed by atoms with Crippen LogP contribution in [0.3, 0.4) is 0 Å². The van der Waals surface area contributed by atoms with Crippen LogP contribution in [-0.2, 0) is 11.0 Å². The molecule has 1 aromatic carbocycles. The summed E-state index contributed by atoms with van der Waals surface area (Å²) in [6.07, 6.45) is -3.38. The molecule has 0 unspecified atom stereocenters. The lowest BCUT2D eigenvalue weighted by atomic mass is 10.1. The minimum Gasteiger partial charge on any atom is -0.460 e. The highest BCUT2D eigenvalue weighted by molar-refractivity contribution is 6.31. The normalized spacial score (nSPS) is 11.6. The zero-order chi connectivity index (χ0) is 19.3. The summed E-state index contributed by atoms with van der Waals surface area (Å²) in [6, 6.07) is 5.78. The topological polar surface area (TPSA) is 83.7 Å². The number of alkyl halides is 3. The minimum atomic E-state index is -4.64. The Balaban J connectivity index is 1.91. The standard InChI is InChI=1S/C16H13ClF3N3O3/c1-9-2-3-13(26-9)7-22-23-14(24)8-21-15(25)10-4-11(16(18,19)20)6-12(17)5-10/h2-7H,8H2,1H3,(H,21,25)(H,23,24)/b22-7+. The van der Waals surface area contributed by atoms with Crippen molar-refractivity contribution < 1.29 is 27.2 Å². The molecule has 0 saturated carbocycles. The molecule has 0 fully saturated rings. The summed E-state index contributed by atoms with van der Waals surface area (Å²) in [4.78, 5) is 23.5. The van der Waals surface area contributed by atoms with Crippen LogP contribution in [0.25, 0.3) is 0 Å². The van der Waals surface area contributed by atoms with E-state index in [1.165, 1.54) is 6.21 Å². The van der Waals surface area contributed by atoms with Gasteiger partial charge in [-0.3, -0.25) is 9.59 Å². The first kappa shape index (κ1) is 19.5. The van der Waals surface area contributed by atoms with Crippen molar-refractivity contribution in [1.82, 2.24) is 10.7 Å². The third-order valence-electron chi connectivity index (χ3n) is 3.04. The first-order valence-corrected chi connectivity index (χ1v) is 7.57. The van der Waals surface area contributed by atoms with E-state index in [0.717, 1.165) is 6.07 Å². The van der Waals surface area contributed by atoms with E-state index >= 15 is 0 Å². The van der Waals surface area contributed by atoms with E-state index in [-0.39, 0.29) is 10.6 Å². The number of furan rings is 1. The van der Waals surface area contributed by atoms with Crippen LogP contribution in [0, 0.1) is 6.92 Å². The lowest BCUT2D eigenvalue weighted by Crippen LogP contribution is -2.35. The average Bonchev–Trinajstić information content (AvgIpc) is 2.96. The number of nitrogens with zero attached hydrogens (tertiary/aromatic N) is 1. The predicted molar refractivity (Wildman–Crippen MR) is 88.0 cm³/mol. The quantitative estimate of drug-likeness (QED) is 0.610. The molecule has 2 amide bonds. The molecule has 2 N–H and O–H groups in total. The second kappa shape index (κ2) is 8.05. The van der Waals surface area contributed by atoms with Gasteiger partial charge in [0.2, 0.25) is 0 Å². The summed E-state index contributed by atoms with van der Waals surface area (Å²) >= 11 is 5.60. The van der Waals surface area contributed by atoms with Crippen molar-refractivity contribution in [3.63, 3.8) is 0 Å². The number of rotatable bonds is 5. The number of benzene rings is 1. The molecule has 2 aromatic rings. The number of nitrogens with one attached hydrogen (secondary N) is 2. The van der Waals surface area contributed by atoms with Crippen molar-refractivity contribution in [2.24, 2.45) is 5.10 Å². The molecule has 0 radical (unpaired) electrons. The van der Waals surface area contributed by atoms with E-state index in [1.54, 1.807) is 19.1 Å². The number of aryl methyl sites for hydroxylation is 1. The summed E-state index contributed by atoms with van der Waals surface area (Å²) in [5.74, 6) is -0.454. The summed E-state index contributed by atoms with van der Waals surface area (Å²) in [5, 5.41) is 5.57. The van der Waals surface area contributed by atoms with Crippen molar-refractivity contribution in [2.45, 2.75) is 13.1 Å². The summed E-state index contributed by atoms with van der Waals surface area (Å²) in [6.45, 7) is 1.26. The van der Waals surface area contributed by atoms with Crippen molar-refractivity contribution in [2.75, 3.05) is 6.54 Å². The molecule has 1 heterocycles. The number of halogens is 4. The van der Waals surface area contributed by atoms with Gasteiger partial charge in [-0.25, -0.2) is 5.43 Å². The van der Waals surface area contributed by atoms with Gasteiger partial charge in [-0.15, -0.1) is 0 Å². The summed E-state index contributed by atoms with van der Waals surface area (Å²) in [5.41, 5.74) is 0.774. The Kier molecular flexibility index (Phi) is 6.04. The number of carbonyl (C=O) groups excluding carboxylic acids is 2. The van der Waals surface area contributed by atoms with Gasteiger partial charge >= 0.3 is 6.18 Å². The van der Waals surface area contributed by atoms with Gasteiger partial charge in [0.15, 0.2) is 0 Å². The zero-order valence-electron chi connectivity index (χ0n) is 13.4. The lowest BCUT2D eigenvalue weighted by molar-refractivity contribution is -0.137. The minimum absolute atomic E-state index is 0.243. The highest BCUT2D eigenvalue weighted by Crippen LogP contribution is 2.31. The van der Waals surface area contributed by atoms with Gasteiger partial charge in [-0.1, -0.05) is 11.6 Å². The Morgan fingerprint density at radius 2 is 2.00 bits per heavy atom. The van der Waals surface area contributed by atoms with Gasteiger partial charge in [-0.05, 0) is 37.3 Å². The van der Waals surface area contributed by atoms with Crippen molar-refractivity contribution in [3.8, 4) is 0 Å². The third-order valence-corrected chi connectivity index (χ3v) is 3.26. The van der Waals surface area contributed by atoms with Gasteiger partial charge in [-0.2, -0.15) is 18.3 Å². The van der Waals surface area contributed by atoms with E-state index in [2.05, 4.69) is 15.8 Å². The number of hydrogen-bond acceptors (Lipinski definition) is 4. The van der Waals surface area contributed by atoms with E-state index in [4.69, 9.17) is 16.0 Å². The zero-order valence-corrected chi connectivity index (χ0v) is 14.1. The van der Waals surface area contributed by atoms with Crippen LogP contribution in [0.2, 0.25) is 5.02 Å². The Morgan fingerprint density at radius 1 is 1.27 bits per heavy atom. The molecule has 0 saturated heterocycles. The Labute approximate surface area is 151 Å². The SMILES string of the molecule is Cc1ccc(/C=N/NC(=O)CNC(=O)c2cc(Cl)cc(C(F)(F)F)c2)o1. The third kappa shape index (κ3) is 5.62. The fourth-order valence-corrected chi connectivity index (χ4v) is 2.11. The van der Waals surface area contributed by atoms with Gasteiger partial charge in [0, 0.05) is 10.6 Å². The molecule has 0 aliphatic heterocycles. The molecule has 138 valence electrons. The maximum Gasteiger partial charge on any atom is 0.416 e.